The Morgan fingerprint density at radius 2 is 1.96 bits per heavy atom. The Bertz CT molecular complexity index is 865. The standard InChI is InChI=1S/C18H15FN2O3S/c1-23-14-8-6-12(7-9-14)20-18-21-13(11-25-18)10-24-17(22)15-4-2-3-5-16(15)19/h2-9,11H,10H2,1H3,(H,20,21). The average molecular weight is 358 g/mol. The Labute approximate surface area is 148 Å². The van der Waals surface area contributed by atoms with E-state index in [2.05, 4.69) is 10.3 Å². The molecule has 0 unspecified atom stereocenters. The first-order valence-corrected chi connectivity index (χ1v) is 8.31. The van der Waals surface area contributed by atoms with E-state index in [1.54, 1.807) is 18.6 Å². The second kappa shape index (κ2) is 7.76. The largest absolute Gasteiger partial charge is 0.497 e. The molecule has 0 saturated heterocycles. The van der Waals surface area contributed by atoms with Gasteiger partial charge in [0.05, 0.1) is 18.4 Å². The van der Waals surface area contributed by atoms with Crippen LogP contribution in [0, 0.1) is 5.82 Å². The number of nitrogens with one attached hydrogen (secondary N) is 1. The van der Waals surface area contributed by atoms with Crippen molar-refractivity contribution in [3.05, 3.63) is 71.0 Å². The van der Waals surface area contributed by atoms with Crippen molar-refractivity contribution in [2.45, 2.75) is 6.61 Å². The summed E-state index contributed by atoms with van der Waals surface area (Å²) in [7, 11) is 1.61. The van der Waals surface area contributed by atoms with Gasteiger partial charge in [-0.3, -0.25) is 0 Å². The van der Waals surface area contributed by atoms with Crippen molar-refractivity contribution >= 4 is 28.1 Å². The van der Waals surface area contributed by atoms with Crippen molar-refractivity contribution < 1.29 is 18.7 Å². The molecular weight excluding hydrogens is 343 g/mol. The number of methoxy groups -OCH3 is 1. The molecule has 0 aliphatic carbocycles. The van der Waals surface area contributed by atoms with Crippen molar-refractivity contribution in [2.24, 2.45) is 0 Å². The molecule has 1 aromatic heterocycles. The number of nitrogens with zero attached hydrogens (tertiary/aromatic N) is 1. The van der Waals surface area contributed by atoms with Crippen molar-refractivity contribution in [2.75, 3.05) is 12.4 Å². The number of rotatable bonds is 6. The fraction of sp³-hybridized carbons (Fsp3) is 0.111. The van der Waals surface area contributed by atoms with Gasteiger partial charge in [-0.05, 0) is 36.4 Å². The first-order chi connectivity index (χ1) is 12.2. The predicted octanol–water partition coefficient (Wildman–Crippen LogP) is 4.39. The quantitative estimate of drug-likeness (QED) is 0.662. The summed E-state index contributed by atoms with van der Waals surface area (Å²) in [6.45, 7) is -0.0199. The van der Waals surface area contributed by atoms with Crippen LogP contribution in [0.3, 0.4) is 0 Å². The highest BCUT2D eigenvalue weighted by Crippen LogP contribution is 2.23. The molecule has 0 aliphatic heterocycles. The minimum absolute atomic E-state index is 0.0199. The molecule has 25 heavy (non-hydrogen) atoms. The average Bonchev–Trinajstić information content (AvgIpc) is 3.08. The van der Waals surface area contributed by atoms with Crippen LogP contribution in [0.1, 0.15) is 16.1 Å². The molecule has 0 spiro atoms. The van der Waals surface area contributed by atoms with Gasteiger partial charge >= 0.3 is 5.97 Å². The van der Waals surface area contributed by atoms with E-state index >= 15 is 0 Å². The molecule has 3 rings (SSSR count). The zero-order chi connectivity index (χ0) is 17.6. The Kier molecular flexibility index (Phi) is 5.25. The summed E-state index contributed by atoms with van der Waals surface area (Å²) in [5.74, 6) is -0.547. The lowest BCUT2D eigenvalue weighted by molar-refractivity contribution is 0.0463. The predicted molar refractivity (Wildman–Crippen MR) is 93.9 cm³/mol. The van der Waals surface area contributed by atoms with E-state index in [0.29, 0.717) is 10.8 Å². The van der Waals surface area contributed by atoms with Crippen LogP contribution in [0.2, 0.25) is 0 Å². The smallest absolute Gasteiger partial charge is 0.341 e. The summed E-state index contributed by atoms with van der Waals surface area (Å²) in [6, 6.07) is 13.1. The SMILES string of the molecule is COc1ccc(Nc2nc(COC(=O)c3ccccc3F)cs2)cc1. The molecule has 3 aromatic rings. The number of ether oxygens (including phenoxy) is 2. The van der Waals surface area contributed by atoms with Crippen LogP contribution >= 0.6 is 11.3 Å². The third-order valence-corrected chi connectivity index (χ3v) is 4.14. The minimum atomic E-state index is -0.712. The second-order valence-electron chi connectivity index (χ2n) is 5.05. The number of benzene rings is 2. The van der Waals surface area contributed by atoms with Crippen LogP contribution in [0.5, 0.6) is 5.75 Å². The maximum absolute atomic E-state index is 13.5. The van der Waals surface area contributed by atoms with Crippen LogP contribution in [0.25, 0.3) is 0 Å². The van der Waals surface area contributed by atoms with Gasteiger partial charge in [-0.15, -0.1) is 11.3 Å². The van der Waals surface area contributed by atoms with Crippen LogP contribution in [-0.2, 0) is 11.3 Å². The highest BCUT2D eigenvalue weighted by atomic mass is 32.1. The number of hydrogen-bond acceptors (Lipinski definition) is 6. The number of hydrogen-bond donors (Lipinski definition) is 1. The van der Waals surface area contributed by atoms with Gasteiger partial charge in [-0.2, -0.15) is 0 Å². The summed E-state index contributed by atoms with van der Waals surface area (Å²) in [4.78, 5) is 16.2. The molecule has 1 N–H and O–H groups in total. The van der Waals surface area contributed by atoms with Crippen LogP contribution in [0.15, 0.2) is 53.9 Å². The Balaban J connectivity index is 1.58. The topological polar surface area (TPSA) is 60.4 Å². The molecule has 0 fully saturated rings. The number of thiazole rings is 1. The zero-order valence-corrected chi connectivity index (χ0v) is 14.2. The van der Waals surface area contributed by atoms with Crippen LogP contribution < -0.4 is 10.1 Å². The van der Waals surface area contributed by atoms with Crippen LogP contribution in [0.4, 0.5) is 15.2 Å². The number of esters is 1. The van der Waals surface area contributed by atoms with E-state index in [1.165, 1.54) is 29.5 Å². The van der Waals surface area contributed by atoms with E-state index in [0.717, 1.165) is 11.4 Å². The van der Waals surface area contributed by atoms with Crippen LogP contribution in [-0.4, -0.2) is 18.1 Å². The molecule has 128 valence electrons. The Morgan fingerprint density at radius 1 is 1.20 bits per heavy atom. The minimum Gasteiger partial charge on any atom is -0.497 e. The lowest BCUT2D eigenvalue weighted by atomic mass is 10.2. The van der Waals surface area contributed by atoms with Crippen molar-refractivity contribution in [1.29, 1.82) is 0 Å². The zero-order valence-electron chi connectivity index (χ0n) is 13.4. The molecular formula is C18H15FN2O3S. The van der Waals surface area contributed by atoms with E-state index in [1.807, 2.05) is 24.3 Å². The monoisotopic (exact) mass is 358 g/mol. The Hall–Kier alpha value is -2.93. The molecule has 7 heteroatoms. The van der Waals surface area contributed by atoms with E-state index in [-0.39, 0.29) is 12.2 Å². The number of aromatic nitrogens is 1. The highest BCUT2D eigenvalue weighted by Gasteiger charge is 2.13. The first kappa shape index (κ1) is 16.9. The summed E-state index contributed by atoms with van der Waals surface area (Å²) in [6.07, 6.45) is 0. The fourth-order valence-electron chi connectivity index (χ4n) is 2.07. The molecule has 0 radical (unpaired) electrons. The van der Waals surface area contributed by atoms with Gasteiger partial charge in [0.25, 0.3) is 0 Å². The van der Waals surface area contributed by atoms with Gasteiger partial charge in [-0.1, -0.05) is 12.1 Å². The van der Waals surface area contributed by atoms with Crippen molar-refractivity contribution in [1.82, 2.24) is 4.98 Å². The maximum Gasteiger partial charge on any atom is 0.341 e. The molecule has 0 saturated carbocycles. The molecule has 0 bridgehead atoms. The van der Waals surface area contributed by atoms with Gasteiger partial charge in [0, 0.05) is 11.1 Å². The number of carbonyl (C=O) groups excluding carboxylic acids is 1. The third kappa shape index (κ3) is 4.33. The lowest BCUT2D eigenvalue weighted by Gasteiger charge is -2.04. The third-order valence-electron chi connectivity index (χ3n) is 3.34. The normalized spacial score (nSPS) is 10.3. The number of anilines is 2. The van der Waals surface area contributed by atoms with E-state index in [4.69, 9.17) is 9.47 Å². The van der Waals surface area contributed by atoms with Gasteiger partial charge in [-0.25, -0.2) is 14.2 Å². The summed E-state index contributed by atoms with van der Waals surface area (Å²) < 4.78 is 23.7. The molecule has 0 amide bonds. The van der Waals surface area contributed by atoms with Crippen molar-refractivity contribution in [3.63, 3.8) is 0 Å². The summed E-state index contributed by atoms with van der Waals surface area (Å²) >= 11 is 1.39. The fourth-order valence-corrected chi connectivity index (χ4v) is 2.79. The Morgan fingerprint density at radius 3 is 2.68 bits per heavy atom. The van der Waals surface area contributed by atoms with Gasteiger partial charge < -0.3 is 14.8 Å². The molecule has 2 aromatic carbocycles. The van der Waals surface area contributed by atoms with Gasteiger partial charge in [0.15, 0.2) is 5.13 Å². The molecule has 5 nitrogen and oxygen atoms in total. The molecule has 0 atom stereocenters. The van der Waals surface area contributed by atoms with Crippen molar-refractivity contribution in [3.8, 4) is 5.75 Å². The molecule has 1 heterocycles. The van der Waals surface area contributed by atoms with Gasteiger partial charge in [0.1, 0.15) is 18.2 Å². The summed E-state index contributed by atoms with van der Waals surface area (Å²) in [5, 5.41) is 5.60. The number of carbonyl (C=O) groups is 1. The van der Waals surface area contributed by atoms with E-state index in [9.17, 15) is 9.18 Å². The number of halogens is 1. The lowest BCUT2D eigenvalue weighted by Crippen LogP contribution is -2.07. The maximum atomic E-state index is 13.5. The first-order valence-electron chi connectivity index (χ1n) is 7.43. The van der Waals surface area contributed by atoms with Gasteiger partial charge in [0.2, 0.25) is 0 Å². The summed E-state index contributed by atoms with van der Waals surface area (Å²) in [5.41, 5.74) is 1.37. The highest BCUT2D eigenvalue weighted by molar-refractivity contribution is 7.13. The molecule has 0 aliphatic rings. The van der Waals surface area contributed by atoms with E-state index < -0.39 is 11.8 Å². The second-order valence-corrected chi connectivity index (χ2v) is 5.91.